The summed E-state index contributed by atoms with van der Waals surface area (Å²) in [6, 6.07) is 2.91. The van der Waals surface area contributed by atoms with Crippen LogP contribution in [0.2, 0.25) is 0 Å². The number of ether oxygens (including phenoxy) is 1. The molecule has 0 aliphatic rings. The smallest absolute Gasteiger partial charge is 0.328 e. The van der Waals surface area contributed by atoms with Crippen molar-refractivity contribution in [2.75, 3.05) is 20.0 Å². The normalized spacial score (nSPS) is 12.7. The molecule has 0 aromatic heterocycles. The van der Waals surface area contributed by atoms with Gasteiger partial charge in [0, 0.05) is 18.9 Å². The van der Waals surface area contributed by atoms with Gasteiger partial charge < -0.3 is 15.2 Å². The summed E-state index contributed by atoms with van der Waals surface area (Å²) in [5.74, 6) is -1.90. The third-order valence-electron chi connectivity index (χ3n) is 2.82. The second-order valence-corrected chi connectivity index (χ2v) is 6.58. The molecule has 8 heteroatoms. The number of carbonyl (C=O) groups excluding carboxylic acids is 1. The van der Waals surface area contributed by atoms with Gasteiger partial charge >= 0.3 is 5.97 Å². The Morgan fingerprint density at radius 1 is 1.38 bits per heavy atom. The summed E-state index contributed by atoms with van der Waals surface area (Å²) in [7, 11) is -2.13. The number of carboxylic acids is 1. The zero-order valence-electron chi connectivity index (χ0n) is 11.9. The van der Waals surface area contributed by atoms with E-state index in [2.05, 4.69) is 5.32 Å². The second kappa shape index (κ2) is 6.68. The molecule has 1 atom stereocenters. The van der Waals surface area contributed by atoms with Gasteiger partial charge in [0.2, 0.25) is 0 Å². The molecule has 7 nitrogen and oxygen atoms in total. The van der Waals surface area contributed by atoms with Crippen molar-refractivity contribution in [1.82, 2.24) is 5.32 Å². The maximum atomic E-state index is 12.1. The Kier molecular flexibility index (Phi) is 5.45. The molecule has 21 heavy (non-hydrogen) atoms. The minimum absolute atomic E-state index is 0.00290. The number of hydrogen-bond acceptors (Lipinski definition) is 5. The van der Waals surface area contributed by atoms with Crippen molar-refractivity contribution in [3.05, 3.63) is 29.3 Å². The average Bonchev–Trinajstić information content (AvgIpc) is 2.36. The van der Waals surface area contributed by atoms with E-state index < -0.39 is 27.8 Å². The first-order valence-corrected chi connectivity index (χ1v) is 7.89. The quantitative estimate of drug-likeness (QED) is 0.777. The number of carbonyl (C=O) groups is 2. The van der Waals surface area contributed by atoms with Crippen LogP contribution in [0.15, 0.2) is 23.1 Å². The summed E-state index contributed by atoms with van der Waals surface area (Å²) < 4.78 is 27.7. The van der Waals surface area contributed by atoms with Gasteiger partial charge in [-0.05, 0) is 24.6 Å². The van der Waals surface area contributed by atoms with Crippen LogP contribution in [0.1, 0.15) is 15.9 Å². The summed E-state index contributed by atoms with van der Waals surface area (Å²) in [5.41, 5.74) is 0.654. The Balaban J connectivity index is 3.09. The number of methoxy groups -OCH3 is 1. The minimum atomic E-state index is -3.45. The van der Waals surface area contributed by atoms with E-state index >= 15 is 0 Å². The molecule has 0 bridgehead atoms. The highest BCUT2D eigenvalue weighted by molar-refractivity contribution is 7.90. The van der Waals surface area contributed by atoms with Crippen LogP contribution in [0.4, 0.5) is 0 Å². The van der Waals surface area contributed by atoms with Gasteiger partial charge in [0.05, 0.1) is 11.5 Å². The highest BCUT2D eigenvalue weighted by atomic mass is 32.2. The zero-order chi connectivity index (χ0) is 16.2. The van der Waals surface area contributed by atoms with Gasteiger partial charge in [0.1, 0.15) is 0 Å². The van der Waals surface area contributed by atoms with E-state index in [4.69, 9.17) is 9.84 Å². The maximum absolute atomic E-state index is 12.1. The molecule has 1 aromatic carbocycles. The van der Waals surface area contributed by atoms with Crippen molar-refractivity contribution in [2.24, 2.45) is 0 Å². The second-order valence-electron chi connectivity index (χ2n) is 4.57. The van der Waals surface area contributed by atoms with E-state index in [0.29, 0.717) is 5.56 Å². The first kappa shape index (κ1) is 17.1. The fourth-order valence-corrected chi connectivity index (χ4v) is 2.30. The Labute approximate surface area is 122 Å². The van der Waals surface area contributed by atoms with Gasteiger partial charge in [-0.15, -0.1) is 0 Å². The predicted octanol–water partition coefficient (Wildman–Crippen LogP) is 0.228. The van der Waals surface area contributed by atoms with Crippen LogP contribution >= 0.6 is 0 Å². The molecule has 0 radical (unpaired) electrons. The summed E-state index contributed by atoms with van der Waals surface area (Å²) in [5, 5.41) is 11.3. The van der Waals surface area contributed by atoms with Crippen LogP contribution in [-0.2, 0) is 19.4 Å². The molecule has 1 amide bonds. The van der Waals surface area contributed by atoms with Crippen molar-refractivity contribution in [1.29, 1.82) is 0 Å². The number of nitrogens with one attached hydrogen (secondary N) is 1. The van der Waals surface area contributed by atoms with E-state index in [0.717, 1.165) is 6.26 Å². The maximum Gasteiger partial charge on any atom is 0.328 e. The lowest BCUT2D eigenvalue weighted by atomic mass is 10.1. The molecule has 1 unspecified atom stereocenters. The Hall–Kier alpha value is -1.93. The van der Waals surface area contributed by atoms with Gasteiger partial charge in [0.15, 0.2) is 15.9 Å². The molecule has 0 saturated carbocycles. The molecule has 0 aliphatic heterocycles. The minimum Gasteiger partial charge on any atom is -0.480 e. The van der Waals surface area contributed by atoms with E-state index in [1.165, 1.54) is 25.3 Å². The van der Waals surface area contributed by atoms with Crippen molar-refractivity contribution >= 4 is 21.7 Å². The van der Waals surface area contributed by atoms with Crippen molar-refractivity contribution in [3.8, 4) is 0 Å². The fourth-order valence-electron chi connectivity index (χ4n) is 1.65. The van der Waals surface area contributed by atoms with E-state index in [-0.39, 0.29) is 17.1 Å². The number of aliphatic carboxylic acids is 1. The molecule has 116 valence electrons. The van der Waals surface area contributed by atoms with E-state index in [1.807, 2.05) is 0 Å². The van der Waals surface area contributed by atoms with Crippen LogP contribution in [-0.4, -0.2) is 51.4 Å². The predicted molar refractivity (Wildman–Crippen MR) is 75.1 cm³/mol. The first-order chi connectivity index (χ1) is 9.66. The largest absolute Gasteiger partial charge is 0.480 e. The lowest BCUT2D eigenvalue weighted by Crippen LogP contribution is -2.44. The molecule has 2 N–H and O–H groups in total. The molecule has 0 spiro atoms. The molecular formula is C13H17NO6S. The average molecular weight is 315 g/mol. The Bertz CT molecular complexity index is 653. The summed E-state index contributed by atoms with van der Waals surface area (Å²) >= 11 is 0. The zero-order valence-corrected chi connectivity index (χ0v) is 12.7. The Morgan fingerprint density at radius 2 is 2.00 bits per heavy atom. The third kappa shape index (κ3) is 4.54. The van der Waals surface area contributed by atoms with Gasteiger partial charge in [-0.25, -0.2) is 13.2 Å². The van der Waals surface area contributed by atoms with Crippen LogP contribution < -0.4 is 5.32 Å². The van der Waals surface area contributed by atoms with Crippen LogP contribution in [0, 0.1) is 6.92 Å². The van der Waals surface area contributed by atoms with Crippen molar-refractivity contribution < 1.29 is 27.9 Å². The lowest BCUT2D eigenvalue weighted by molar-refractivity contribution is -0.140. The summed E-state index contributed by atoms with van der Waals surface area (Å²) in [4.78, 5) is 23.1. The van der Waals surface area contributed by atoms with Gasteiger partial charge in [-0.3, -0.25) is 4.79 Å². The summed E-state index contributed by atoms with van der Waals surface area (Å²) in [6.07, 6.45) is 1.03. The number of rotatable bonds is 6. The van der Waals surface area contributed by atoms with E-state index in [9.17, 15) is 18.0 Å². The number of hydrogen-bond donors (Lipinski definition) is 2. The molecule has 0 aliphatic carbocycles. The molecule has 0 saturated heterocycles. The van der Waals surface area contributed by atoms with Crippen molar-refractivity contribution in [3.63, 3.8) is 0 Å². The van der Waals surface area contributed by atoms with Gasteiger partial charge in [0.25, 0.3) is 5.91 Å². The molecule has 1 aromatic rings. The lowest BCUT2D eigenvalue weighted by Gasteiger charge is -2.15. The number of amides is 1. The van der Waals surface area contributed by atoms with Crippen LogP contribution in [0.3, 0.4) is 0 Å². The fraction of sp³-hybridized carbons (Fsp3) is 0.385. The van der Waals surface area contributed by atoms with Crippen molar-refractivity contribution in [2.45, 2.75) is 17.9 Å². The number of carboxylic acid groups (broad SMARTS) is 1. The topological polar surface area (TPSA) is 110 Å². The van der Waals surface area contributed by atoms with Gasteiger partial charge in [-0.1, -0.05) is 6.07 Å². The number of benzene rings is 1. The molecule has 0 fully saturated rings. The van der Waals surface area contributed by atoms with Crippen LogP contribution in [0.25, 0.3) is 0 Å². The standard InChI is InChI=1S/C13H17NO6S/c1-8-4-5-9(21(3,18)19)6-10(8)12(15)14-11(7-20-2)13(16)17/h4-6,11H,7H2,1-3H3,(H,14,15)(H,16,17). The van der Waals surface area contributed by atoms with Gasteiger partial charge in [-0.2, -0.15) is 0 Å². The highest BCUT2D eigenvalue weighted by Crippen LogP contribution is 2.15. The highest BCUT2D eigenvalue weighted by Gasteiger charge is 2.22. The van der Waals surface area contributed by atoms with Crippen LogP contribution in [0.5, 0.6) is 0 Å². The molecule has 0 heterocycles. The van der Waals surface area contributed by atoms with E-state index in [1.54, 1.807) is 6.92 Å². The Morgan fingerprint density at radius 3 is 2.48 bits per heavy atom. The SMILES string of the molecule is COCC(NC(=O)c1cc(S(C)(=O)=O)ccc1C)C(=O)O. The summed E-state index contributed by atoms with van der Waals surface area (Å²) in [6.45, 7) is 1.44. The number of sulfone groups is 1. The molecular weight excluding hydrogens is 298 g/mol. The molecule has 1 rings (SSSR count). The number of aryl methyl sites for hydroxylation is 1. The third-order valence-corrected chi connectivity index (χ3v) is 3.93. The first-order valence-electron chi connectivity index (χ1n) is 6.00. The monoisotopic (exact) mass is 315 g/mol.